The summed E-state index contributed by atoms with van der Waals surface area (Å²) < 4.78 is 22.0. The van der Waals surface area contributed by atoms with Crippen LogP contribution in [0.4, 0.5) is 0 Å². The fraction of sp³-hybridized carbons (Fsp3) is 0.217. The van der Waals surface area contributed by atoms with Gasteiger partial charge >= 0.3 is 5.97 Å². The van der Waals surface area contributed by atoms with Crippen molar-refractivity contribution in [1.29, 1.82) is 0 Å². The second-order valence-corrected chi connectivity index (χ2v) is 6.51. The molecule has 3 aromatic rings. The zero-order valence-corrected chi connectivity index (χ0v) is 17.6. The highest BCUT2D eigenvalue weighted by Gasteiger charge is 2.17. The molecule has 0 atom stereocenters. The quantitative estimate of drug-likeness (QED) is 0.351. The number of benzene rings is 2. The van der Waals surface area contributed by atoms with Crippen LogP contribution in [0.15, 0.2) is 65.5 Å². The number of Topliss-reactive ketones (excluding diaryl/α,β-unsaturated/α-hetero) is 1. The summed E-state index contributed by atoms with van der Waals surface area (Å²) in [7, 11) is 2.92. The van der Waals surface area contributed by atoms with Gasteiger partial charge in [-0.1, -0.05) is 18.2 Å². The predicted molar refractivity (Wildman–Crippen MR) is 115 cm³/mol. The molecule has 0 radical (unpaired) electrons. The maximum Gasteiger partial charge on any atom is 0.359 e. The van der Waals surface area contributed by atoms with Crippen molar-refractivity contribution >= 4 is 11.8 Å². The van der Waals surface area contributed by atoms with E-state index in [0.29, 0.717) is 17.2 Å². The SMILES string of the molecule is COc1ccc(C(=O)COC(=O)c2ccc(=O)n(CCOc3ccccc3)n2)c(OC)c1. The summed E-state index contributed by atoms with van der Waals surface area (Å²) in [5, 5.41) is 4.01. The van der Waals surface area contributed by atoms with E-state index in [1.165, 1.54) is 32.4 Å². The summed E-state index contributed by atoms with van der Waals surface area (Å²) in [5.41, 5.74) is -0.242. The summed E-state index contributed by atoms with van der Waals surface area (Å²) in [6.45, 7) is -0.193. The number of hydrogen-bond donors (Lipinski definition) is 0. The van der Waals surface area contributed by atoms with Gasteiger partial charge in [-0.2, -0.15) is 5.10 Å². The van der Waals surface area contributed by atoms with Gasteiger partial charge < -0.3 is 18.9 Å². The summed E-state index contributed by atoms with van der Waals surface area (Å²) in [6.07, 6.45) is 0. The van der Waals surface area contributed by atoms with Gasteiger partial charge in [0.2, 0.25) is 5.78 Å². The van der Waals surface area contributed by atoms with Crippen LogP contribution in [0.1, 0.15) is 20.8 Å². The number of para-hydroxylation sites is 1. The lowest BCUT2D eigenvalue weighted by atomic mass is 10.1. The molecule has 2 aromatic carbocycles. The molecule has 9 nitrogen and oxygen atoms in total. The average molecular weight is 438 g/mol. The lowest BCUT2D eigenvalue weighted by Crippen LogP contribution is -2.27. The first-order valence-electron chi connectivity index (χ1n) is 9.70. The van der Waals surface area contributed by atoms with E-state index in [2.05, 4.69) is 5.10 Å². The molecule has 0 amide bonds. The highest BCUT2D eigenvalue weighted by atomic mass is 16.5. The first kappa shape index (κ1) is 22.5. The van der Waals surface area contributed by atoms with Gasteiger partial charge in [0.1, 0.15) is 23.9 Å². The molecular weight excluding hydrogens is 416 g/mol. The van der Waals surface area contributed by atoms with Gasteiger partial charge in [0.05, 0.1) is 26.3 Å². The van der Waals surface area contributed by atoms with Crippen LogP contribution in [-0.4, -0.2) is 49.0 Å². The molecule has 9 heteroatoms. The average Bonchev–Trinajstić information content (AvgIpc) is 2.83. The first-order valence-corrected chi connectivity index (χ1v) is 9.70. The van der Waals surface area contributed by atoms with Crippen molar-refractivity contribution in [2.45, 2.75) is 6.54 Å². The van der Waals surface area contributed by atoms with Crippen molar-refractivity contribution in [3.63, 3.8) is 0 Å². The Morgan fingerprint density at radius 1 is 0.938 bits per heavy atom. The van der Waals surface area contributed by atoms with Crippen LogP contribution in [-0.2, 0) is 11.3 Å². The maximum atomic E-state index is 12.5. The number of esters is 1. The number of methoxy groups -OCH3 is 2. The number of hydrogen-bond acceptors (Lipinski definition) is 8. The van der Waals surface area contributed by atoms with Crippen molar-refractivity contribution < 1.29 is 28.5 Å². The second kappa shape index (κ2) is 10.8. The van der Waals surface area contributed by atoms with Crippen LogP contribution in [0.2, 0.25) is 0 Å². The van der Waals surface area contributed by atoms with Crippen LogP contribution < -0.4 is 19.8 Å². The molecule has 0 saturated carbocycles. The predicted octanol–water partition coefficient (Wildman–Crippen LogP) is 2.38. The van der Waals surface area contributed by atoms with Crippen LogP contribution >= 0.6 is 0 Å². The molecule has 0 unspecified atom stereocenters. The zero-order valence-electron chi connectivity index (χ0n) is 17.6. The van der Waals surface area contributed by atoms with Gasteiger partial charge in [-0.25, -0.2) is 9.48 Å². The molecular formula is C23H22N2O7. The van der Waals surface area contributed by atoms with Crippen molar-refractivity contribution in [1.82, 2.24) is 9.78 Å². The Labute approximate surface area is 184 Å². The fourth-order valence-corrected chi connectivity index (χ4v) is 2.80. The molecule has 0 fully saturated rings. The Hall–Kier alpha value is -4.14. The van der Waals surface area contributed by atoms with E-state index in [1.54, 1.807) is 24.3 Å². The van der Waals surface area contributed by atoms with Crippen LogP contribution in [0.3, 0.4) is 0 Å². The highest BCUT2D eigenvalue weighted by molar-refractivity contribution is 6.01. The lowest BCUT2D eigenvalue weighted by Gasteiger charge is -2.10. The lowest BCUT2D eigenvalue weighted by molar-refractivity contribution is 0.0465. The van der Waals surface area contributed by atoms with Crippen molar-refractivity contribution in [2.24, 2.45) is 0 Å². The zero-order chi connectivity index (χ0) is 22.9. The van der Waals surface area contributed by atoms with Crippen molar-refractivity contribution in [2.75, 3.05) is 27.4 Å². The minimum absolute atomic E-state index is 0.0983. The second-order valence-electron chi connectivity index (χ2n) is 6.51. The molecule has 0 aliphatic carbocycles. The fourth-order valence-electron chi connectivity index (χ4n) is 2.80. The molecule has 1 aromatic heterocycles. The third-order valence-electron chi connectivity index (χ3n) is 4.43. The summed E-state index contributed by atoms with van der Waals surface area (Å²) in [5.74, 6) is 0.197. The number of rotatable bonds is 10. The summed E-state index contributed by atoms with van der Waals surface area (Å²) in [4.78, 5) is 36.9. The van der Waals surface area contributed by atoms with Crippen LogP contribution in [0.25, 0.3) is 0 Å². The van der Waals surface area contributed by atoms with Gasteiger partial charge in [-0.15, -0.1) is 0 Å². The van der Waals surface area contributed by atoms with Gasteiger partial charge in [0.25, 0.3) is 5.56 Å². The smallest absolute Gasteiger partial charge is 0.359 e. The number of nitrogens with zero attached hydrogens (tertiary/aromatic N) is 2. The van der Waals surface area contributed by atoms with Gasteiger partial charge in [-0.3, -0.25) is 9.59 Å². The van der Waals surface area contributed by atoms with Crippen LogP contribution in [0.5, 0.6) is 17.2 Å². The van der Waals surface area contributed by atoms with E-state index in [0.717, 1.165) is 4.68 Å². The Morgan fingerprint density at radius 2 is 1.72 bits per heavy atom. The molecule has 0 bridgehead atoms. The van der Waals surface area contributed by atoms with E-state index in [9.17, 15) is 14.4 Å². The Balaban J connectivity index is 1.61. The van der Waals surface area contributed by atoms with Gasteiger partial charge in [0.15, 0.2) is 12.3 Å². The Kier molecular flexibility index (Phi) is 7.58. The van der Waals surface area contributed by atoms with E-state index in [4.69, 9.17) is 18.9 Å². The first-order chi connectivity index (χ1) is 15.5. The molecule has 32 heavy (non-hydrogen) atoms. The normalized spacial score (nSPS) is 10.3. The third kappa shape index (κ3) is 5.72. The molecule has 0 saturated heterocycles. The minimum Gasteiger partial charge on any atom is -0.497 e. The number of ketones is 1. The largest absolute Gasteiger partial charge is 0.497 e. The summed E-state index contributed by atoms with van der Waals surface area (Å²) >= 11 is 0. The molecule has 0 aliphatic heterocycles. The maximum absolute atomic E-state index is 12.5. The molecule has 0 aliphatic rings. The molecule has 0 spiro atoms. The minimum atomic E-state index is -0.830. The number of ether oxygens (including phenoxy) is 4. The van der Waals surface area contributed by atoms with E-state index in [1.807, 2.05) is 18.2 Å². The van der Waals surface area contributed by atoms with E-state index >= 15 is 0 Å². The Bertz CT molecular complexity index is 1140. The van der Waals surface area contributed by atoms with E-state index in [-0.39, 0.29) is 24.4 Å². The van der Waals surface area contributed by atoms with Crippen molar-refractivity contribution in [3.05, 3.63) is 82.3 Å². The van der Waals surface area contributed by atoms with Crippen LogP contribution in [0, 0.1) is 0 Å². The molecule has 3 rings (SSSR count). The molecule has 1 heterocycles. The number of carbonyl (C=O) groups excluding carboxylic acids is 2. The van der Waals surface area contributed by atoms with Gasteiger partial charge in [-0.05, 0) is 30.3 Å². The molecule has 0 N–H and O–H groups in total. The number of aromatic nitrogens is 2. The monoisotopic (exact) mass is 438 g/mol. The van der Waals surface area contributed by atoms with Crippen molar-refractivity contribution in [3.8, 4) is 17.2 Å². The third-order valence-corrected chi connectivity index (χ3v) is 4.43. The highest BCUT2D eigenvalue weighted by Crippen LogP contribution is 2.25. The van der Waals surface area contributed by atoms with Gasteiger partial charge in [0, 0.05) is 12.1 Å². The summed E-state index contributed by atoms with van der Waals surface area (Å²) in [6, 6.07) is 16.3. The number of carbonyl (C=O) groups is 2. The molecule has 166 valence electrons. The standard InChI is InChI=1S/C23H22N2O7/c1-29-17-8-9-18(21(14-17)30-2)20(26)15-32-23(28)19-10-11-22(27)25(24-19)12-13-31-16-6-4-3-5-7-16/h3-11,14H,12-13,15H2,1-2H3. The van der Waals surface area contributed by atoms with E-state index < -0.39 is 23.9 Å². The topological polar surface area (TPSA) is 106 Å². The Morgan fingerprint density at radius 3 is 2.44 bits per heavy atom.